The fourth-order valence-corrected chi connectivity index (χ4v) is 1.29. The quantitative estimate of drug-likeness (QED) is 0.641. The molecular weight excluding hydrogens is 184 g/mol. The Morgan fingerprint density at radius 2 is 1.86 bits per heavy atom. The van der Waals surface area contributed by atoms with Gasteiger partial charge in [0.15, 0.2) is 5.60 Å². The Morgan fingerprint density at radius 3 is 2.29 bits per heavy atom. The van der Waals surface area contributed by atoms with Gasteiger partial charge in [0.1, 0.15) is 5.60 Å². The largest absolute Gasteiger partial charge is 0.458 e. The lowest BCUT2D eigenvalue weighted by molar-refractivity contribution is -0.185. The van der Waals surface area contributed by atoms with Crippen LogP contribution in [0.1, 0.15) is 33.6 Å². The highest BCUT2D eigenvalue weighted by atomic mass is 16.6. The number of aliphatic hydroxyl groups is 1. The van der Waals surface area contributed by atoms with Crippen molar-refractivity contribution in [2.24, 2.45) is 0 Å². The summed E-state index contributed by atoms with van der Waals surface area (Å²) in [5.74, 6) is -0.534. The van der Waals surface area contributed by atoms with Crippen LogP contribution >= 0.6 is 0 Å². The van der Waals surface area contributed by atoms with Gasteiger partial charge in [0.25, 0.3) is 0 Å². The maximum atomic E-state index is 11.6. The van der Waals surface area contributed by atoms with E-state index in [9.17, 15) is 9.90 Å². The van der Waals surface area contributed by atoms with Crippen molar-refractivity contribution in [3.8, 4) is 0 Å². The lowest BCUT2D eigenvalue weighted by Gasteiger charge is -2.32. The Kier molecular flexibility index (Phi) is 3.17. The van der Waals surface area contributed by atoms with Crippen molar-refractivity contribution >= 4 is 5.97 Å². The third-order valence-corrected chi connectivity index (χ3v) is 2.10. The first-order valence-electron chi connectivity index (χ1n) is 4.87. The maximum absolute atomic E-state index is 11.6. The summed E-state index contributed by atoms with van der Waals surface area (Å²) in [7, 11) is 0. The minimum atomic E-state index is -1.34. The van der Waals surface area contributed by atoms with Gasteiger partial charge in [-0.05, 0) is 20.8 Å². The summed E-state index contributed by atoms with van der Waals surface area (Å²) in [6.07, 6.45) is 0.643. The molecule has 0 aromatic heterocycles. The summed E-state index contributed by atoms with van der Waals surface area (Å²) in [6, 6.07) is 0. The zero-order valence-electron chi connectivity index (χ0n) is 9.00. The standard InChI is InChI=1S/C10H18O4/c1-9(2,3)14-8(11)10(12)4-6-13-7-5-10/h12H,4-7H2,1-3H3. The molecule has 0 spiro atoms. The Balaban J connectivity index is 2.58. The minimum absolute atomic E-state index is 0.321. The van der Waals surface area contributed by atoms with Crippen LogP contribution in [0.25, 0.3) is 0 Å². The summed E-state index contributed by atoms with van der Waals surface area (Å²) in [5.41, 5.74) is -1.89. The van der Waals surface area contributed by atoms with Crippen LogP contribution in [0.15, 0.2) is 0 Å². The van der Waals surface area contributed by atoms with Crippen molar-refractivity contribution in [3.05, 3.63) is 0 Å². The van der Waals surface area contributed by atoms with Crippen LogP contribution in [0.3, 0.4) is 0 Å². The van der Waals surface area contributed by atoms with Gasteiger partial charge in [0, 0.05) is 26.1 Å². The molecule has 0 radical (unpaired) electrons. The van der Waals surface area contributed by atoms with Crippen LogP contribution in [0.2, 0.25) is 0 Å². The number of rotatable bonds is 1. The number of carbonyl (C=O) groups excluding carboxylic acids is 1. The molecule has 1 rings (SSSR count). The van der Waals surface area contributed by atoms with E-state index < -0.39 is 17.2 Å². The predicted octanol–water partition coefficient (Wildman–Crippen LogP) is 0.870. The molecule has 1 fully saturated rings. The zero-order chi connectivity index (χ0) is 10.8. The minimum Gasteiger partial charge on any atom is -0.458 e. The van der Waals surface area contributed by atoms with Gasteiger partial charge in [-0.2, -0.15) is 0 Å². The molecule has 82 valence electrons. The molecule has 4 heteroatoms. The first-order chi connectivity index (χ1) is 6.33. The third-order valence-electron chi connectivity index (χ3n) is 2.10. The van der Waals surface area contributed by atoms with E-state index in [1.165, 1.54) is 0 Å². The normalized spacial score (nSPS) is 21.7. The summed E-state index contributed by atoms with van der Waals surface area (Å²) >= 11 is 0. The molecule has 1 saturated heterocycles. The Hall–Kier alpha value is -0.610. The van der Waals surface area contributed by atoms with E-state index in [-0.39, 0.29) is 0 Å². The predicted molar refractivity (Wildman–Crippen MR) is 50.8 cm³/mol. The topological polar surface area (TPSA) is 55.8 Å². The molecule has 0 bridgehead atoms. The molecule has 0 aromatic carbocycles. The Labute approximate surface area is 84.2 Å². The first kappa shape index (κ1) is 11.5. The Morgan fingerprint density at radius 1 is 1.36 bits per heavy atom. The fraction of sp³-hybridized carbons (Fsp3) is 0.900. The van der Waals surface area contributed by atoms with Crippen molar-refractivity contribution in [2.45, 2.75) is 44.8 Å². The van der Waals surface area contributed by atoms with Gasteiger partial charge in [0.2, 0.25) is 0 Å². The van der Waals surface area contributed by atoms with E-state index in [0.29, 0.717) is 26.1 Å². The highest BCUT2D eigenvalue weighted by Crippen LogP contribution is 2.24. The van der Waals surface area contributed by atoms with Gasteiger partial charge >= 0.3 is 5.97 Å². The summed E-state index contributed by atoms with van der Waals surface area (Å²) in [4.78, 5) is 11.6. The monoisotopic (exact) mass is 202 g/mol. The zero-order valence-corrected chi connectivity index (χ0v) is 9.00. The van der Waals surface area contributed by atoms with E-state index in [1.54, 1.807) is 20.8 Å². The van der Waals surface area contributed by atoms with Gasteiger partial charge in [-0.1, -0.05) is 0 Å². The number of hydrogen-bond donors (Lipinski definition) is 1. The summed E-state index contributed by atoms with van der Waals surface area (Å²) < 4.78 is 10.2. The van der Waals surface area contributed by atoms with Gasteiger partial charge in [0.05, 0.1) is 0 Å². The fourth-order valence-electron chi connectivity index (χ4n) is 1.29. The molecule has 0 amide bonds. The van der Waals surface area contributed by atoms with E-state index in [2.05, 4.69) is 0 Å². The van der Waals surface area contributed by atoms with Crippen LogP contribution < -0.4 is 0 Å². The first-order valence-corrected chi connectivity index (χ1v) is 4.87. The smallest absolute Gasteiger partial charge is 0.338 e. The van der Waals surface area contributed by atoms with Gasteiger partial charge in [-0.15, -0.1) is 0 Å². The SMILES string of the molecule is CC(C)(C)OC(=O)C1(O)CCOCC1. The van der Waals surface area contributed by atoms with E-state index in [0.717, 1.165) is 0 Å². The molecule has 0 aromatic rings. The molecule has 1 heterocycles. The van der Waals surface area contributed by atoms with E-state index in [4.69, 9.17) is 9.47 Å². The van der Waals surface area contributed by atoms with Gasteiger partial charge in [-0.25, -0.2) is 4.79 Å². The number of hydrogen-bond acceptors (Lipinski definition) is 4. The van der Waals surface area contributed by atoms with Crippen molar-refractivity contribution in [1.29, 1.82) is 0 Å². The second-order valence-electron chi connectivity index (χ2n) is 4.65. The second-order valence-corrected chi connectivity index (χ2v) is 4.65. The van der Waals surface area contributed by atoms with Crippen molar-refractivity contribution in [2.75, 3.05) is 13.2 Å². The van der Waals surface area contributed by atoms with Crippen LogP contribution in [-0.4, -0.2) is 35.5 Å². The molecule has 14 heavy (non-hydrogen) atoms. The lowest BCUT2D eigenvalue weighted by atomic mass is 9.94. The lowest BCUT2D eigenvalue weighted by Crippen LogP contribution is -2.47. The molecule has 0 aliphatic carbocycles. The molecule has 1 aliphatic heterocycles. The average molecular weight is 202 g/mol. The maximum Gasteiger partial charge on any atom is 0.338 e. The van der Waals surface area contributed by atoms with Crippen molar-refractivity contribution < 1.29 is 19.4 Å². The molecule has 0 unspecified atom stereocenters. The molecule has 1 N–H and O–H groups in total. The summed E-state index contributed by atoms with van der Waals surface area (Å²) in [5, 5.41) is 9.95. The van der Waals surface area contributed by atoms with Crippen LogP contribution in [0, 0.1) is 0 Å². The summed E-state index contributed by atoms with van der Waals surface area (Å²) in [6.45, 7) is 6.18. The number of ether oxygens (including phenoxy) is 2. The highest BCUT2D eigenvalue weighted by Gasteiger charge is 2.40. The number of carbonyl (C=O) groups is 1. The molecule has 0 atom stereocenters. The van der Waals surface area contributed by atoms with Gasteiger partial charge in [-0.3, -0.25) is 0 Å². The molecule has 1 aliphatic rings. The molecular formula is C10H18O4. The van der Waals surface area contributed by atoms with Crippen molar-refractivity contribution in [3.63, 3.8) is 0 Å². The highest BCUT2D eigenvalue weighted by molar-refractivity contribution is 5.79. The van der Waals surface area contributed by atoms with Crippen LogP contribution in [-0.2, 0) is 14.3 Å². The van der Waals surface area contributed by atoms with E-state index >= 15 is 0 Å². The molecule has 0 saturated carbocycles. The van der Waals surface area contributed by atoms with Crippen molar-refractivity contribution in [1.82, 2.24) is 0 Å². The van der Waals surface area contributed by atoms with Crippen LogP contribution in [0.5, 0.6) is 0 Å². The second kappa shape index (κ2) is 3.87. The number of esters is 1. The molecule has 4 nitrogen and oxygen atoms in total. The third kappa shape index (κ3) is 2.96. The Bertz CT molecular complexity index is 211. The van der Waals surface area contributed by atoms with Gasteiger partial charge < -0.3 is 14.6 Å². The van der Waals surface area contributed by atoms with E-state index in [1.807, 2.05) is 0 Å². The van der Waals surface area contributed by atoms with Crippen LogP contribution in [0.4, 0.5) is 0 Å². The average Bonchev–Trinajstić information content (AvgIpc) is 2.02.